The lowest BCUT2D eigenvalue weighted by Crippen LogP contribution is -2.14. The van der Waals surface area contributed by atoms with E-state index in [0.717, 1.165) is 17.3 Å². The number of Topliss-reactive ketones (excluding diaryl/α,β-unsaturated/α-hetero) is 1. The number of nitrogens with one attached hydrogen (secondary N) is 1. The summed E-state index contributed by atoms with van der Waals surface area (Å²) in [5, 5.41) is 1.86. The number of carbonyl (C=O) groups is 1. The molecule has 0 aliphatic carbocycles. The predicted molar refractivity (Wildman–Crippen MR) is 90.5 cm³/mol. The second-order valence-corrected chi connectivity index (χ2v) is 7.85. The lowest BCUT2D eigenvalue weighted by Gasteiger charge is -2.22. The van der Waals surface area contributed by atoms with Crippen LogP contribution in [0.2, 0.25) is 10.0 Å². The van der Waals surface area contributed by atoms with Crippen LogP contribution in [0.1, 0.15) is 50.9 Å². The Balaban J connectivity index is 2.24. The molecular weight excluding hydrogens is 305 g/mol. The number of rotatable bonds is 4. The van der Waals surface area contributed by atoms with Crippen molar-refractivity contribution in [3.05, 3.63) is 33.9 Å². The van der Waals surface area contributed by atoms with Crippen LogP contribution in [-0.2, 0) is 0 Å². The average Bonchev–Trinajstić information content (AvgIpc) is 2.69. The second kappa shape index (κ2) is 6.02. The molecule has 0 saturated carbocycles. The first-order valence-electron chi connectivity index (χ1n) is 7.17. The van der Waals surface area contributed by atoms with E-state index in [-0.39, 0.29) is 11.2 Å². The van der Waals surface area contributed by atoms with Crippen molar-refractivity contribution in [3.63, 3.8) is 0 Å². The van der Waals surface area contributed by atoms with Crippen molar-refractivity contribution in [2.24, 2.45) is 11.3 Å². The fraction of sp³-hybridized carbons (Fsp3) is 0.471. The molecule has 0 saturated heterocycles. The van der Waals surface area contributed by atoms with Gasteiger partial charge in [0, 0.05) is 34.1 Å². The topological polar surface area (TPSA) is 32.9 Å². The normalized spacial score (nSPS) is 13.6. The number of H-pyrrole nitrogens is 1. The van der Waals surface area contributed by atoms with Gasteiger partial charge < -0.3 is 4.98 Å². The quantitative estimate of drug-likeness (QED) is 0.675. The van der Waals surface area contributed by atoms with Crippen molar-refractivity contribution in [1.29, 1.82) is 0 Å². The van der Waals surface area contributed by atoms with Gasteiger partial charge in [-0.2, -0.15) is 0 Å². The molecule has 114 valence electrons. The first kappa shape index (κ1) is 16.4. The first-order chi connectivity index (χ1) is 9.67. The van der Waals surface area contributed by atoms with Crippen LogP contribution in [0.25, 0.3) is 10.9 Å². The Bertz CT molecular complexity index is 667. The van der Waals surface area contributed by atoms with Gasteiger partial charge in [0.15, 0.2) is 5.78 Å². The maximum absolute atomic E-state index is 12.5. The molecule has 0 bridgehead atoms. The molecule has 2 nitrogen and oxygen atoms in total. The minimum atomic E-state index is 0.127. The number of carbonyl (C=O) groups excluding carboxylic acids is 1. The van der Waals surface area contributed by atoms with Gasteiger partial charge in [0.25, 0.3) is 0 Å². The van der Waals surface area contributed by atoms with Crippen molar-refractivity contribution >= 4 is 39.9 Å². The van der Waals surface area contributed by atoms with Gasteiger partial charge in [0.2, 0.25) is 0 Å². The summed E-state index contributed by atoms with van der Waals surface area (Å²) in [5.41, 5.74) is 1.69. The number of benzene rings is 1. The number of halogens is 2. The zero-order valence-electron chi connectivity index (χ0n) is 12.9. The minimum Gasteiger partial charge on any atom is -0.360 e. The Kier molecular flexibility index (Phi) is 4.69. The largest absolute Gasteiger partial charge is 0.360 e. The fourth-order valence-corrected chi connectivity index (χ4v) is 3.54. The molecule has 1 aromatic carbocycles. The summed E-state index contributed by atoms with van der Waals surface area (Å²) in [4.78, 5) is 15.6. The molecule has 0 radical (unpaired) electrons. The van der Waals surface area contributed by atoms with Gasteiger partial charge in [0.1, 0.15) is 0 Å². The molecule has 0 aliphatic rings. The zero-order chi connectivity index (χ0) is 15.8. The van der Waals surface area contributed by atoms with E-state index < -0.39 is 0 Å². The molecule has 2 rings (SSSR count). The van der Waals surface area contributed by atoms with Crippen LogP contribution in [0.15, 0.2) is 18.3 Å². The third-order valence-corrected chi connectivity index (χ3v) is 4.01. The van der Waals surface area contributed by atoms with Crippen molar-refractivity contribution in [3.8, 4) is 0 Å². The van der Waals surface area contributed by atoms with Gasteiger partial charge in [-0.15, -0.1) is 0 Å². The molecule has 1 atom stereocenters. The molecule has 21 heavy (non-hydrogen) atoms. The molecule has 1 aromatic heterocycles. The number of aromatic nitrogens is 1. The van der Waals surface area contributed by atoms with Gasteiger partial charge in [-0.25, -0.2) is 0 Å². The molecule has 0 aliphatic heterocycles. The average molecular weight is 326 g/mol. The molecule has 1 heterocycles. The minimum absolute atomic E-state index is 0.127. The first-order valence-corrected chi connectivity index (χ1v) is 7.92. The number of fused-ring (bicyclic) bond motifs is 1. The van der Waals surface area contributed by atoms with Crippen LogP contribution < -0.4 is 0 Å². The number of aromatic amines is 1. The van der Waals surface area contributed by atoms with Gasteiger partial charge in [0.05, 0.1) is 5.02 Å². The maximum atomic E-state index is 12.5. The summed E-state index contributed by atoms with van der Waals surface area (Å²) < 4.78 is 0. The van der Waals surface area contributed by atoms with Crippen molar-refractivity contribution in [1.82, 2.24) is 4.98 Å². The van der Waals surface area contributed by atoms with Crippen molar-refractivity contribution in [2.75, 3.05) is 0 Å². The Morgan fingerprint density at radius 2 is 1.95 bits per heavy atom. The van der Waals surface area contributed by atoms with E-state index in [4.69, 9.17) is 23.2 Å². The van der Waals surface area contributed by atoms with Gasteiger partial charge >= 0.3 is 0 Å². The molecule has 0 fully saturated rings. The highest BCUT2D eigenvalue weighted by atomic mass is 35.5. The predicted octanol–water partition coefficient (Wildman–Crippen LogP) is 6.12. The maximum Gasteiger partial charge on any atom is 0.165 e. The number of hydrogen-bond acceptors (Lipinski definition) is 1. The van der Waals surface area contributed by atoms with Crippen LogP contribution in [0.3, 0.4) is 0 Å². The van der Waals surface area contributed by atoms with Gasteiger partial charge in [-0.3, -0.25) is 4.79 Å². The summed E-state index contributed by atoms with van der Waals surface area (Å²) >= 11 is 12.2. The van der Waals surface area contributed by atoms with E-state index in [1.807, 2.05) is 0 Å². The molecule has 0 spiro atoms. The molecule has 1 N–H and O–H groups in total. The van der Waals surface area contributed by atoms with Gasteiger partial charge in [-0.1, -0.05) is 50.9 Å². The lowest BCUT2D eigenvalue weighted by molar-refractivity contribution is 0.0956. The monoisotopic (exact) mass is 325 g/mol. The summed E-state index contributed by atoms with van der Waals surface area (Å²) in [6.45, 7) is 8.70. The van der Waals surface area contributed by atoms with E-state index >= 15 is 0 Å². The van der Waals surface area contributed by atoms with Crippen LogP contribution >= 0.6 is 23.2 Å². The van der Waals surface area contributed by atoms with Gasteiger partial charge in [-0.05, 0) is 29.9 Å². The van der Waals surface area contributed by atoms with E-state index in [9.17, 15) is 4.79 Å². The van der Waals surface area contributed by atoms with Crippen LogP contribution in [-0.4, -0.2) is 10.8 Å². The highest BCUT2D eigenvalue weighted by molar-refractivity contribution is 6.39. The van der Waals surface area contributed by atoms with Crippen LogP contribution in [0.5, 0.6) is 0 Å². The lowest BCUT2D eigenvalue weighted by atomic mass is 9.83. The smallest absolute Gasteiger partial charge is 0.165 e. The Morgan fingerprint density at radius 3 is 2.57 bits per heavy atom. The molecule has 4 heteroatoms. The standard InChI is InChI=1S/C17H21Cl2NO/c1-10(8-17(2,3)4)5-15(21)12-9-20-14-7-11(18)6-13(19)16(12)14/h6-7,9-10,20H,5,8H2,1-4H3. The van der Waals surface area contributed by atoms with E-state index in [1.165, 1.54) is 0 Å². The summed E-state index contributed by atoms with van der Waals surface area (Å²) in [5.74, 6) is 0.468. The van der Waals surface area contributed by atoms with Crippen LogP contribution in [0.4, 0.5) is 0 Å². The number of hydrogen-bond donors (Lipinski definition) is 1. The van der Waals surface area contributed by atoms with E-state index in [0.29, 0.717) is 27.9 Å². The molecule has 2 aromatic rings. The Labute approximate surface area is 135 Å². The fourth-order valence-electron chi connectivity index (χ4n) is 2.95. The zero-order valence-corrected chi connectivity index (χ0v) is 14.4. The second-order valence-electron chi connectivity index (χ2n) is 7.01. The Morgan fingerprint density at radius 1 is 1.29 bits per heavy atom. The van der Waals surface area contributed by atoms with E-state index in [2.05, 4.69) is 32.7 Å². The summed E-state index contributed by atoms with van der Waals surface area (Å²) in [6.07, 6.45) is 3.28. The number of ketones is 1. The molecular formula is C17H21Cl2NO. The van der Waals surface area contributed by atoms with Crippen molar-refractivity contribution in [2.45, 2.75) is 40.5 Å². The summed E-state index contributed by atoms with van der Waals surface area (Å²) in [7, 11) is 0. The third-order valence-electron chi connectivity index (χ3n) is 3.49. The third kappa shape index (κ3) is 4.02. The molecule has 1 unspecified atom stereocenters. The highest BCUT2D eigenvalue weighted by Crippen LogP contribution is 2.32. The Hall–Kier alpha value is -0.990. The van der Waals surface area contributed by atoms with E-state index in [1.54, 1.807) is 18.3 Å². The summed E-state index contributed by atoms with van der Waals surface area (Å²) in [6, 6.07) is 3.47. The van der Waals surface area contributed by atoms with Crippen molar-refractivity contribution < 1.29 is 4.79 Å². The molecule has 0 amide bonds. The van der Waals surface area contributed by atoms with Crippen LogP contribution in [0, 0.1) is 11.3 Å². The highest BCUT2D eigenvalue weighted by Gasteiger charge is 2.21. The SMILES string of the molecule is CC(CC(=O)c1c[nH]c2cc(Cl)cc(Cl)c12)CC(C)(C)C.